The van der Waals surface area contributed by atoms with Crippen molar-refractivity contribution in [2.75, 3.05) is 18.6 Å². The van der Waals surface area contributed by atoms with Crippen LogP contribution in [0.5, 0.6) is 11.5 Å². The number of Topliss-reactive ketones (excluding diaryl/α,β-unsaturated/α-hetero) is 1. The van der Waals surface area contributed by atoms with Crippen LogP contribution in [0.4, 0.5) is 5.69 Å². The van der Waals surface area contributed by atoms with Gasteiger partial charge in [0.2, 0.25) is 0 Å². The summed E-state index contributed by atoms with van der Waals surface area (Å²) >= 11 is 0. The van der Waals surface area contributed by atoms with Crippen molar-refractivity contribution in [1.29, 1.82) is 0 Å². The van der Waals surface area contributed by atoms with Crippen LogP contribution < -0.4 is 14.4 Å². The van der Waals surface area contributed by atoms with Gasteiger partial charge < -0.3 is 19.7 Å². The molecule has 0 saturated carbocycles. The zero-order chi connectivity index (χ0) is 26.7. The van der Waals surface area contributed by atoms with Crippen molar-refractivity contribution in [2.24, 2.45) is 0 Å². The maximum absolute atomic E-state index is 13.3. The van der Waals surface area contributed by atoms with Gasteiger partial charge in [0.1, 0.15) is 17.3 Å². The van der Waals surface area contributed by atoms with Crippen molar-refractivity contribution in [2.45, 2.75) is 26.3 Å². The number of aliphatic hydroxyl groups is 1. The summed E-state index contributed by atoms with van der Waals surface area (Å²) in [7, 11) is 1.54. The largest absolute Gasteiger partial charge is 0.507 e. The van der Waals surface area contributed by atoms with Gasteiger partial charge in [0.15, 0.2) is 0 Å². The van der Waals surface area contributed by atoms with Crippen LogP contribution in [0, 0.1) is 6.92 Å². The Hall–Kier alpha value is -4.59. The van der Waals surface area contributed by atoms with Gasteiger partial charge in [0.05, 0.1) is 31.8 Å². The minimum Gasteiger partial charge on any atom is -0.507 e. The summed E-state index contributed by atoms with van der Waals surface area (Å²) in [5, 5.41) is 20.4. The van der Waals surface area contributed by atoms with Crippen LogP contribution in [-0.4, -0.2) is 41.6 Å². The van der Waals surface area contributed by atoms with Gasteiger partial charge in [-0.25, -0.2) is 0 Å². The molecule has 1 fully saturated rings. The van der Waals surface area contributed by atoms with Gasteiger partial charge >= 0.3 is 5.97 Å². The number of aryl methyl sites for hydroxylation is 1. The average Bonchev–Trinajstić information content (AvgIpc) is 3.15. The van der Waals surface area contributed by atoms with Gasteiger partial charge in [-0.3, -0.25) is 19.3 Å². The molecule has 1 atom stereocenters. The number of nitrogens with zero attached hydrogens (tertiary/aromatic N) is 1. The monoisotopic (exact) mass is 501 g/mol. The molecule has 3 aromatic carbocycles. The highest BCUT2D eigenvalue weighted by Gasteiger charge is 2.47. The highest BCUT2D eigenvalue weighted by Crippen LogP contribution is 2.42. The first kappa shape index (κ1) is 25.5. The third kappa shape index (κ3) is 5.04. The lowest BCUT2D eigenvalue weighted by Crippen LogP contribution is -2.29. The number of methoxy groups -OCH3 is 1. The lowest BCUT2D eigenvalue weighted by Gasteiger charge is -2.26. The van der Waals surface area contributed by atoms with Gasteiger partial charge in [-0.15, -0.1) is 0 Å². The molecular weight excluding hydrogens is 474 g/mol. The molecule has 37 heavy (non-hydrogen) atoms. The van der Waals surface area contributed by atoms with Crippen LogP contribution >= 0.6 is 0 Å². The summed E-state index contributed by atoms with van der Waals surface area (Å²) < 4.78 is 10.8. The number of amides is 1. The molecule has 1 unspecified atom stereocenters. The molecule has 1 saturated heterocycles. The van der Waals surface area contributed by atoms with E-state index in [1.54, 1.807) is 66.7 Å². The third-order valence-electron chi connectivity index (χ3n) is 6.19. The quantitative estimate of drug-likeness (QED) is 0.262. The van der Waals surface area contributed by atoms with Crippen LogP contribution in [0.3, 0.4) is 0 Å². The second kappa shape index (κ2) is 10.6. The Kier molecular flexibility index (Phi) is 7.29. The maximum Gasteiger partial charge on any atom is 0.307 e. The summed E-state index contributed by atoms with van der Waals surface area (Å²) in [6.07, 6.45) is -0.169. The zero-order valence-electron chi connectivity index (χ0n) is 20.7. The Morgan fingerprint density at radius 3 is 2.22 bits per heavy atom. The first-order chi connectivity index (χ1) is 17.7. The third-order valence-corrected chi connectivity index (χ3v) is 6.19. The van der Waals surface area contributed by atoms with Crippen LogP contribution in [0.2, 0.25) is 0 Å². The second-order valence-electron chi connectivity index (χ2n) is 8.59. The Labute approximate surface area is 214 Å². The van der Waals surface area contributed by atoms with Crippen LogP contribution in [0.15, 0.2) is 72.3 Å². The Balaban J connectivity index is 1.86. The molecule has 1 aliphatic heterocycles. The fraction of sp³-hybridized carbons (Fsp3) is 0.207. The molecule has 8 nitrogen and oxygen atoms in total. The number of hydrogen-bond acceptors (Lipinski definition) is 6. The predicted octanol–water partition coefficient (Wildman–Crippen LogP) is 4.66. The minimum absolute atomic E-state index is 0.0478. The van der Waals surface area contributed by atoms with Gasteiger partial charge in [0, 0.05) is 11.3 Å². The Morgan fingerprint density at radius 2 is 1.65 bits per heavy atom. The molecule has 1 amide bonds. The van der Waals surface area contributed by atoms with Crippen molar-refractivity contribution in [1.82, 2.24) is 0 Å². The Morgan fingerprint density at radius 1 is 0.973 bits per heavy atom. The molecular formula is C29H27NO7. The molecule has 8 heteroatoms. The first-order valence-corrected chi connectivity index (χ1v) is 11.7. The lowest BCUT2D eigenvalue weighted by atomic mass is 9.94. The number of rotatable bonds is 8. The van der Waals surface area contributed by atoms with Crippen LogP contribution in [0.1, 0.15) is 35.2 Å². The molecule has 190 valence electrons. The normalized spacial score (nSPS) is 16.6. The number of ketones is 1. The van der Waals surface area contributed by atoms with Crippen molar-refractivity contribution in [3.8, 4) is 11.5 Å². The van der Waals surface area contributed by atoms with Gasteiger partial charge in [0.25, 0.3) is 11.7 Å². The van der Waals surface area contributed by atoms with Crippen LogP contribution in [-0.2, 0) is 20.8 Å². The number of anilines is 1. The number of carboxylic acids is 1. The van der Waals surface area contributed by atoms with E-state index in [-0.39, 0.29) is 17.8 Å². The summed E-state index contributed by atoms with van der Waals surface area (Å²) in [4.78, 5) is 39.0. The van der Waals surface area contributed by atoms with E-state index in [9.17, 15) is 19.5 Å². The number of ether oxygens (including phenoxy) is 2. The maximum atomic E-state index is 13.3. The van der Waals surface area contributed by atoms with Crippen molar-refractivity contribution in [3.05, 3.63) is 94.6 Å². The van der Waals surface area contributed by atoms with E-state index in [1.165, 1.54) is 12.0 Å². The summed E-state index contributed by atoms with van der Waals surface area (Å²) in [5.41, 5.74) is 2.66. The predicted molar refractivity (Wildman–Crippen MR) is 138 cm³/mol. The van der Waals surface area contributed by atoms with E-state index in [2.05, 4.69) is 0 Å². The van der Waals surface area contributed by atoms with E-state index >= 15 is 0 Å². The van der Waals surface area contributed by atoms with Crippen molar-refractivity contribution >= 4 is 29.1 Å². The highest BCUT2D eigenvalue weighted by atomic mass is 16.5. The smallest absolute Gasteiger partial charge is 0.307 e. The van der Waals surface area contributed by atoms with E-state index in [0.717, 1.165) is 5.56 Å². The molecule has 0 spiro atoms. The van der Waals surface area contributed by atoms with Gasteiger partial charge in [-0.1, -0.05) is 24.3 Å². The number of aliphatic hydroxyl groups excluding tert-OH is 1. The zero-order valence-corrected chi connectivity index (χ0v) is 20.7. The van der Waals surface area contributed by atoms with E-state index in [1.807, 2.05) is 13.8 Å². The van der Waals surface area contributed by atoms with E-state index in [0.29, 0.717) is 40.5 Å². The molecule has 2 N–H and O–H groups in total. The molecule has 3 aromatic rings. The van der Waals surface area contributed by atoms with Gasteiger partial charge in [-0.05, 0) is 73.0 Å². The molecule has 0 bridgehead atoms. The summed E-state index contributed by atoms with van der Waals surface area (Å²) in [5.74, 6) is -1.63. The highest BCUT2D eigenvalue weighted by molar-refractivity contribution is 6.51. The fourth-order valence-corrected chi connectivity index (χ4v) is 4.42. The molecule has 0 aliphatic carbocycles. The summed E-state index contributed by atoms with van der Waals surface area (Å²) in [6, 6.07) is 17.5. The van der Waals surface area contributed by atoms with Crippen molar-refractivity contribution < 1.29 is 34.1 Å². The SMILES string of the molecule is CCOc1ccc(/C(O)=C2/C(=O)C(=O)N(c3ccc(CC(=O)O)cc3)C2c2ccc(OC)cc2)cc1C. The molecule has 0 radical (unpaired) electrons. The molecule has 0 aromatic heterocycles. The standard InChI is InChI=1S/C29H27NO7/c1-4-37-23-14-9-20(15-17(23)2)27(33)25-26(19-7-12-22(36-3)13-8-19)30(29(35)28(25)34)21-10-5-18(6-11-21)16-24(31)32/h5-15,26,33H,4,16H2,1-3H3,(H,31,32)/b27-25-. The number of benzene rings is 3. The average molecular weight is 502 g/mol. The molecule has 1 heterocycles. The molecule has 1 aliphatic rings. The number of carbonyl (C=O) groups is 3. The number of aliphatic carboxylic acids is 1. The first-order valence-electron chi connectivity index (χ1n) is 11.7. The number of carboxylic acid groups (broad SMARTS) is 1. The topological polar surface area (TPSA) is 113 Å². The van der Waals surface area contributed by atoms with Gasteiger partial charge in [-0.2, -0.15) is 0 Å². The molecule has 4 rings (SSSR count). The summed E-state index contributed by atoms with van der Waals surface area (Å²) in [6.45, 7) is 4.19. The lowest BCUT2D eigenvalue weighted by molar-refractivity contribution is -0.136. The van der Waals surface area contributed by atoms with Crippen molar-refractivity contribution in [3.63, 3.8) is 0 Å². The van der Waals surface area contributed by atoms with E-state index in [4.69, 9.17) is 14.6 Å². The fourth-order valence-electron chi connectivity index (χ4n) is 4.42. The second-order valence-corrected chi connectivity index (χ2v) is 8.59. The Bertz CT molecular complexity index is 1370. The number of hydrogen-bond donors (Lipinski definition) is 2. The van der Waals surface area contributed by atoms with Crippen LogP contribution in [0.25, 0.3) is 5.76 Å². The van der Waals surface area contributed by atoms with E-state index < -0.39 is 23.7 Å². The minimum atomic E-state index is -0.975. The number of carbonyl (C=O) groups excluding carboxylic acids is 2.